The molecule has 0 radical (unpaired) electrons. The lowest BCUT2D eigenvalue weighted by Gasteiger charge is -2.30. The van der Waals surface area contributed by atoms with E-state index in [-0.39, 0.29) is 12.1 Å². The van der Waals surface area contributed by atoms with Crippen molar-refractivity contribution in [3.8, 4) is 0 Å². The van der Waals surface area contributed by atoms with Gasteiger partial charge in [0.2, 0.25) is 0 Å². The summed E-state index contributed by atoms with van der Waals surface area (Å²) in [7, 11) is 0. The van der Waals surface area contributed by atoms with Crippen LogP contribution >= 0.6 is 0 Å². The predicted molar refractivity (Wildman–Crippen MR) is 85.6 cm³/mol. The molecule has 8 heteroatoms. The van der Waals surface area contributed by atoms with Crippen molar-refractivity contribution in [3.05, 3.63) is 35.5 Å². The summed E-state index contributed by atoms with van der Waals surface area (Å²) < 4.78 is 6.86. The van der Waals surface area contributed by atoms with Crippen molar-refractivity contribution >= 4 is 11.9 Å². The highest BCUT2D eigenvalue weighted by molar-refractivity contribution is 5.93. The van der Waals surface area contributed by atoms with Gasteiger partial charge in [-0.1, -0.05) is 19.0 Å². The van der Waals surface area contributed by atoms with E-state index in [0.29, 0.717) is 25.1 Å². The second kappa shape index (κ2) is 7.29. The Morgan fingerprint density at radius 2 is 2.08 bits per heavy atom. The molecule has 2 heterocycles. The second-order valence-corrected chi connectivity index (χ2v) is 5.91. The molecule has 0 unspecified atom stereocenters. The lowest BCUT2D eigenvalue weighted by Crippen LogP contribution is -2.49. The zero-order chi connectivity index (χ0) is 17.7. The largest absolute Gasteiger partial charge is 0.481 e. The lowest BCUT2D eigenvalue weighted by atomic mass is 9.89. The number of carboxylic acids is 1. The minimum absolute atomic E-state index is 0.130. The number of carbonyl (C=O) groups excluding carboxylic acids is 1. The summed E-state index contributed by atoms with van der Waals surface area (Å²) in [5, 5.41) is 19.8. The molecule has 2 aromatic heterocycles. The Labute approximate surface area is 139 Å². The van der Waals surface area contributed by atoms with E-state index in [1.165, 1.54) is 0 Å². The molecule has 0 saturated heterocycles. The second-order valence-electron chi connectivity index (χ2n) is 5.91. The fourth-order valence-electron chi connectivity index (χ4n) is 2.52. The summed E-state index contributed by atoms with van der Waals surface area (Å²) in [5.41, 5.74) is 0.364. The van der Waals surface area contributed by atoms with Gasteiger partial charge in [0.1, 0.15) is 6.54 Å². The molecule has 0 spiro atoms. The van der Waals surface area contributed by atoms with Crippen LogP contribution in [0.2, 0.25) is 0 Å². The Hall–Kier alpha value is -2.64. The molecule has 0 aliphatic carbocycles. The van der Waals surface area contributed by atoms with Crippen LogP contribution in [-0.4, -0.2) is 37.5 Å². The van der Waals surface area contributed by atoms with E-state index in [2.05, 4.69) is 15.6 Å². The van der Waals surface area contributed by atoms with Crippen LogP contribution in [0.3, 0.4) is 0 Å². The van der Waals surface area contributed by atoms with Crippen LogP contribution in [0.15, 0.2) is 23.0 Å². The smallest absolute Gasteiger partial charge is 0.305 e. The van der Waals surface area contributed by atoms with Crippen LogP contribution < -0.4 is 5.32 Å². The fraction of sp³-hybridized carbons (Fsp3) is 0.500. The van der Waals surface area contributed by atoms with Crippen molar-refractivity contribution in [3.63, 3.8) is 0 Å². The van der Waals surface area contributed by atoms with Gasteiger partial charge in [0.05, 0.1) is 18.2 Å². The van der Waals surface area contributed by atoms with Crippen molar-refractivity contribution in [2.75, 3.05) is 0 Å². The Bertz CT molecular complexity index is 715. The number of hydrogen-bond acceptors (Lipinski definition) is 5. The van der Waals surface area contributed by atoms with Crippen LogP contribution in [-0.2, 0) is 11.3 Å². The molecule has 0 aliphatic rings. The first-order valence-electron chi connectivity index (χ1n) is 7.86. The van der Waals surface area contributed by atoms with Crippen LogP contribution in [0.5, 0.6) is 0 Å². The van der Waals surface area contributed by atoms with Gasteiger partial charge in [-0.05, 0) is 25.3 Å². The Morgan fingerprint density at radius 3 is 2.62 bits per heavy atom. The van der Waals surface area contributed by atoms with Crippen molar-refractivity contribution in [2.45, 2.75) is 52.1 Å². The monoisotopic (exact) mass is 334 g/mol. The van der Waals surface area contributed by atoms with Gasteiger partial charge < -0.3 is 14.9 Å². The highest BCUT2D eigenvalue weighted by Gasteiger charge is 2.32. The molecular weight excluding hydrogens is 312 g/mol. The molecule has 0 fully saturated rings. The number of amides is 1. The number of aliphatic carboxylic acids is 1. The van der Waals surface area contributed by atoms with Crippen LogP contribution in [0.25, 0.3) is 0 Å². The SMILES string of the molecule is CCC(CC)(CC(=O)O)NC(=O)c1cc(Cn2cc(C)cn2)on1. The van der Waals surface area contributed by atoms with Gasteiger partial charge in [-0.2, -0.15) is 5.10 Å². The number of aryl methyl sites for hydroxylation is 1. The summed E-state index contributed by atoms with van der Waals surface area (Å²) in [4.78, 5) is 23.4. The number of rotatable bonds is 8. The molecule has 2 aromatic rings. The molecule has 2 rings (SSSR count). The zero-order valence-corrected chi connectivity index (χ0v) is 14.1. The number of hydrogen-bond donors (Lipinski definition) is 2. The maximum atomic E-state index is 12.4. The van der Waals surface area contributed by atoms with Crippen molar-refractivity contribution in [2.24, 2.45) is 0 Å². The zero-order valence-electron chi connectivity index (χ0n) is 14.1. The Balaban J connectivity index is 2.08. The molecule has 130 valence electrons. The summed E-state index contributed by atoms with van der Waals surface area (Å²) in [6, 6.07) is 1.54. The summed E-state index contributed by atoms with van der Waals surface area (Å²) in [5.74, 6) is -0.888. The number of carbonyl (C=O) groups is 2. The first-order valence-corrected chi connectivity index (χ1v) is 7.86. The summed E-state index contributed by atoms with van der Waals surface area (Å²) in [6.07, 6.45) is 4.47. The lowest BCUT2D eigenvalue weighted by molar-refractivity contribution is -0.138. The van der Waals surface area contributed by atoms with Crippen LogP contribution in [0.1, 0.15) is 54.9 Å². The number of carboxylic acid groups (broad SMARTS) is 1. The third kappa shape index (κ3) is 4.21. The van der Waals surface area contributed by atoms with Gasteiger partial charge in [0.15, 0.2) is 11.5 Å². The molecule has 2 N–H and O–H groups in total. The first kappa shape index (κ1) is 17.7. The topological polar surface area (TPSA) is 110 Å². The number of nitrogens with one attached hydrogen (secondary N) is 1. The Kier molecular flexibility index (Phi) is 5.38. The number of aromatic nitrogens is 3. The van der Waals surface area contributed by atoms with E-state index in [9.17, 15) is 9.59 Å². The third-order valence-electron chi connectivity index (χ3n) is 4.09. The fourth-order valence-corrected chi connectivity index (χ4v) is 2.52. The van der Waals surface area contributed by atoms with Gasteiger partial charge >= 0.3 is 5.97 Å². The minimum atomic E-state index is -0.950. The maximum Gasteiger partial charge on any atom is 0.305 e. The van der Waals surface area contributed by atoms with E-state index >= 15 is 0 Å². The summed E-state index contributed by atoms with van der Waals surface area (Å²) in [6.45, 7) is 6.00. The van der Waals surface area contributed by atoms with Gasteiger partial charge in [-0.3, -0.25) is 14.3 Å². The standard InChI is InChI=1S/C16H22N4O4/c1-4-16(5-2,7-14(21)22)18-15(23)13-6-12(24-19-13)10-20-9-11(3)8-17-20/h6,8-9H,4-5,7,10H2,1-3H3,(H,18,23)(H,21,22). The highest BCUT2D eigenvalue weighted by atomic mass is 16.5. The normalized spacial score (nSPS) is 11.5. The molecule has 1 amide bonds. The summed E-state index contributed by atoms with van der Waals surface area (Å²) >= 11 is 0. The minimum Gasteiger partial charge on any atom is -0.481 e. The maximum absolute atomic E-state index is 12.4. The van der Waals surface area contributed by atoms with Crippen LogP contribution in [0.4, 0.5) is 0 Å². The van der Waals surface area contributed by atoms with E-state index in [1.54, 1.807) is 16.9 Å². The van der Waals surface area contributed by atoms with E-state index < -0.39 is 17.4 Å². The van der Waals surface area contributed by atoms with Crippen molar-refractivity contribution in [1.82, 2.24) is 20.3 Å². The molecule has 0 bridgehead atoms. The van der Waals surface area contributed by atoms with Gasteiger partial charge in [0, 0.05) is 12.3 Å². The van der Waals surface area contributed by atoms with E-state index in [0.717, 1.165) is 5.56 Å². The quantitative estimate of drug-likeness (QED) is 0.764. The predicted octanol–water partition coefficient (Wildman–Crippen LogP) is 1.99. The van der Waals surface area contributed by atoms with Crippen LogP contribution in [0, 0.1) is 6.92 Å². The van der Waals surface area contributed by atoms with E-state index in [1.807, 2.05) is 27.0 Å². The van der Waals surface area contributed by atoms with Crippen molar-refractivity contribution in [1.29, 1.82) is 0 Å². The Morgan fingerprint density at radius 1 is 1.38 bits per heavy atom. The molecule has 0 atom stereocenters. The van der Waals surface area contributed by atoms with E-state index in [4.69, 9.17) is 9.63 Å². The average molecular weight is 334 g/mol. The molecule has 0 saturated carbocycles. The molecular formula is C16H22N4O4. The first-order chi connectivity index (χ1) is 11.4. The third-order valence-corrected chi connectivity index (χ3v) is 4.09. The highest BCUT2D eigenvalue weighted by Crippen LogP contribution is 2.20. The van der Waals surface area contributed by atoms with Crippen molar-refractivity contribution < 1.29 is 19.2 Å². The average Bonchev–Trinajstić information content (AvgIpc) is 3.15. The molecule has 8 nitrogen and oxygen atoms in total. The number of nitrogens with zero attached hydrogens (tertiary/aromatic N) is 3. The van der Waals surface area contributed by atoms with Gasteiger partial charge in [0.25, 0.3) is 5.91 Å². The van der Waals surface area contributed by atoms with Gasteiger partial charge in [-0.15, -0.1) is 0 Å². The molecule has 0 aliphatic heterocycles. The molecule has 0 aromatic carbocycles. The molecule has 24 heavy (non-hydrogen) atoms. The van der Waals surface area contributed by atoms with Gasteiger partial charge in [-0.25, -0.2) is 0 Å².